The fourth-order valence-electron chi connectivity index (χ4n) is 4.37. The van der Waals surface area contributed by atoms with Crippen molar-refractivity contribution in [3.63, 3.8) is 0 Å². The molecule has 2 aromatic carbocycles. The molecule has 0 saturated carbocycles. The Morgan fingerprint density at radius 3 is 2.42 bits per heavy atom. The van der Waals surface area contributed by atoms with Crippen LogP contribution in [0.2, 0.25) is 0 Å². The third kappa shape index (κ3) is 6.01. The summed E-state index contributed by atoms with van der Waals surface area (Å²) in [6, 6.07) is 16.6. The van der Waals surface area contributed by atoms with Gasteiger partial charge in [0.1, 0.15) is 21.7 Å². The number of methoxy groups -OCH3 is 1. The van der Waals surface area contributed by atoms with Crippen LogP contribution >= 0.6 is 24.0 Å². The number of nitriles is 1. The fraction of sp³-hybridized carbons (Fsp3) is 0.233. The van der Waals surface area contributed by atoms with E-state index in [4.69, 9.17) is 17.0 Å². The number of nitrogens with zero attached hydrogens (tertiary/aromatic N) is 3. The molecule has 1 N–H and O–H groups in total. The molecule has 0 radical (unpaired) electrons. The summed E-state index contributed by atoms with van der Waals surface area (Å²) in [5.74, 6) is -0.428. The Morgan fingerprint density at radius 2 is 1.80 bits per heavy atom. The lowest BCUT2D eigenvalue weighted by Crippen LogP contribution is -2.30. The highest BCUT2D eigenvalue weighted by Crippen LogP contribution is 2.33. The summed E-state index contributed by atoms with van der Waals surface area (Å²) in [6.45, 7) is 3.64. The summed E-state index contributed by atoms with van der Waals surface area (Å²) in [6.07, 6.45) is 2.02. The van der Waals surface area contributed by atoms with Crippen LogP contribution in [0.1, 0.15) is 51.0 Å². The van der Waals surface area contributed by atoms with E-state index in [1.807, 2.05) is 49.4 Å². The van der Waals surface area contributed by atoms with Crippen LogP contribution in [-0.4, -0.2) is 44.2 Å². The number of ether oxygens (including phenoxy) is 1. The van der Waals surface area contributed by atoms with Gasteiger partial charge in [-0.3, -0.25) is 23.9 Å². The zero-order valence-corrected chi connectivity index (χ0v) is 23.9. The largest absolute Gasteiger partial charge is 0.497 e. The molecule has 8 nitrogen and oxygen atoms in total. The van der Waals surface area contributed by atoms with Crippen LogP contribution in [0.4, 0.5) is 0 Å². The van der Waals surface area contributed by atoms with Crippen LogP contribution in [0.3, 0.4) is 0 Å². The average Bonchev–Trinajstić information content (AvgIpc) is 3.20. The Morgan fingerprint density at radius 1 is 1.12 bits per heavy atom. The lowest BCUT2D eigenvalue weighted by molar-refractivity contribution is -0.122. The predicted molar refractivity (Wildman–Crippen MR) is 159 cm³/mol. The predicted octanol–water partition coefficient (Wildman–Crippen LogP) is 4.96. The molecular weight excluding hydrogens is 546 g/mol. The van der Waals surface area contributed by atoms with E-state index < -0.39 is 17.2 Å². The van der Waals surface area contributed by atoms with Gasteiger partial charge in [0.15, 0.2) is 5.78 Å². The number of ketones is 1. The Balaban J connectivity index is 1.49. The monoisotopic (exact) mass is 573 g/mol. The molecule has 3 aromatic rings. The van der Waals surface area contributed by atoms with Crippen molar-refractivity contribution in [3.05, 3.63) is 97.2 Å². The number of thioether (sulfide) groups is 1. The molecule has 1 aliphatic rings. The average molecular weight is 574 g/mol. The minimum absolute atomic E-state index is 0.0112. The molecule has 0 aliphatic carbocycles. The van der Waals surface area contributed by atoms with Gasteiger partial charge in [-0.25, -0.2) is 0 Å². The summed E-state index contributed by atoms with van der Waals surface area (Å²) < 4.78 is 6.61. The maximum atomic E-state index is 13.3. The minimum Gasteiger partial charge on any atom is -0.497 e. The lowest BCUT2D eigenvalue weighted by Gasteiger charge is -2.17. The van der Waals surface area contributed by atoms with Crippen LogP contribution in [0.5, 0.6) is 11.6 Å². The number of Topliss-reactive ketones (excluding diaryl/α,β-unsaturated/α-hetero) is 1. The third-order valence-electron chi connectivity index (χ3n) is 6.61. The van der Waals surface area contributed by atoms with Crippen LogP contribution in [-0.2, 0) is 11.3 Å². The van der Waals surface area contributed by atoms with Crippen molar-refractivity contribution in [1.82, 2.24) is 9.47 Å². The molecule has 40 heavy (non-hydrogen) atoms. The summed E-state index contributed by atoms with van der Waals surface area (Å²) in [5.41, 5.74) is 1.85. The molecule has 0 unspecified atom stereocenters. The van der Waals surface area contributed by atoms with Gasteiger partial charge in [0.25, 0.3) is 11.5 Å². The highest BCUT2D eigenvalue weighted by molar-refractivity contribution is 8.26. The smallest absolute Gasteiger partial charge is 0.271 e. The Bertz CT molecular complexity index is 1620. The first-order valence-corrected chi connectivity index (χ1v) is 13.7. The molecular formula is C30H27N3O5S2. The number of rotatable bonds is 9. The molecule has 1 aromatic heterocycles. The zero-order valence-electron chi connectivity index (χ0n) is 22.3. The van der Waals surface area contributed by atoms with Crippen LogP contribution in [0, 0.1) is 25.2 Å². The van der Waals surface area contributed by atoms with Gasteiger partial charge in [-0.15, -0.1) is 0 Å². The Hall–Kier alpha value is -4.20. The van der Waals surface area contributed by atoms with Crippen molar-refractivity contribution >= 4 is 46.1 Å². The van der Waals surface area contributed by atoms with Gasteiger partial charge in [0.05, 0.1) is 24.1 Å². The van der Waals surface area contributed by atoms with Gasteiger partial charge in [0.2, 0.25) is 5.88 Å². The number of hydrogen-bond acceptors (Lipinski definition) is 8. The highest BCUT2D eigenvalue weighted by Gasteiger charge is 2.32. The van der Waals surface area contributed by atoms with Crippen LogP contribution < -0.4 is 10.3 Å². The quantitative estimate of drug-likeness (QED) is 0.217. The van der Waals surface area contributed by atoms with Gasteiger partial charge in [-0.05, 0) is 55.2 Å². The van der Waals surface area contributed by atoms with E-state index >= 15 is 0 Å². The minimum atomic E-state index is -0.657. The number of carbonyl (C=O) groups is 2. The summed E-state index contributed by atoms with van der Waals surface area (Å²) in [4.78, 5) is 41.1. The molecule has 1 fully saturated rings. The molecule has 0 bridgehead atoms. The fourth-order valence-corrected chi connectivity index (χ4v) is 5.68. The molecule has 4 rings (SSSR count). The first-order valence-electron chi connectivity index (χ1n) is 12.5. The Labute approximate surface area is 241 Å². The maximum absolute atomic E-state index is 13.3. The third-order valence-corrected chi connectivity index (χ3v) is 7.99. The zero-order chi connectivity index (χ0) is 29.0. The molecule has 1 saturated heterocycles. The molecule has 1 amide bonds. The first-order chi connectivity index (χ1) is 19.1. The van der Waals surface area contributed by atoms with Crippen molar-refractivity contribution in [3.8, 4) is 17.7 Å². The van der Waals surface area contributed by atoms with Gasteiger partial charge in [-0.1, -0.05) is 65.9 Å². The SMILES string of the molecule is COc1ccc(/C=C2\SC(=S)N(CCCC(=O)c3c(C)c(C#N)c(=O)n(Cc4ccc(C)cc4)c3O)C2=O)cc1. The maximum Gasteiger partial charge on any atom is 0.271 e. The van der Waals surface area contributed by atoms with Crippen LogP contribution in [0.15, 0.2) is 58.2 Å². The van der Waals surface area contributed by atoms with Crippen molar-refractivity contribution in [2.24, 2.45) is 0 Å². The van der Waals surface area contributed by atoms with E-state index in [0.717, 1.165) is 21.3 Å². The number of amides is 1. The van der Waals surface area contributed by atoms with E-state index in [0.29, 0.717) is 15.0 Å². The standard InChI is InChI=1S/C30H27N3O5S2/c1-18-6-8-21(9-7-18)17-33-27(35)23(16-31)19(2)26(29(33)37)24(34)5-4-14-32-28(36)25(40-30(32)39)15-20-10-12-22(38-3)13-11-20/h6-13,15,37H,4-5,14,17H2,1-3H3/b25-15-. The van der Waals surface area contributed by atoms with Gasteiger partial charge >= 0.3 is 0 Å². The lowest BCUT2D eigenvalue weighted by atomic mass is 9.98. The van der Waals surface area contributed by atoms with E-state index in [1.54, 1.807) is 25.3 Å². The van der Waals surface area contributed by atoms with Gasteiger partial charge in [-0.2, -0.15) is 5.26 Å². The highest BCUT2D eigenvalue weighted by atomic mass is 32.2. The summed E-state index contributed by atoms with van der Waals surface area (Å²) >= 11 is 6.60. The molecule has 0 atom stereocenters. The second-order valence-electron chi connectivity index (χ2n) is 9.32. The number of benzene rings is 2. The number of aryl methyl sites for hydroxylation is 1. The van der Waals surface area contributed by atoms with Crippen molar-refractivity contribution in [1.29, 1.82) is 5.26 Å². The molecule has 10 heteroatoms. The van der Waals surface area contributed by atoms with Crippen molar-refractivity contribution < 1.29 is 19.4 Å². The second kappa shape index (κ2) is 12.3. The van der Waals surface area contributed by atoms with Crippen molar-refractivity contribution in [2.45, 2.75) is 33.2 Å². The number of aromatic nitrogens is 1. The molecule has 2 heterocycles. The first kappa shape index (κ1) is 28.8. The molecule has 1 aliphatic heterocycles. The van der Waals surface area contributed by atoms with E-state index in [1.165, 1.54) is 23.6 Å². The second-order valence-corrected chi connectivity index (χ2v) is 11.0. The topological polar surface area (TPSA) is 113 Å². The number of aromatic hydroxyl groups is 1. The van der Waals surface area contributed by atoms with Crippen LogP contribution in [0.25, 0.3) is 6.08 Å². The van der Waals surface area contributed by atoms with E-state index in [2.05, 4.69) is 0 Å². The van der Waals surface area contributed by atoms with Gasteiger partial charge < -0.3 is 9.84 Å². The number of pyridine rings is 1. The number of thiocarbonyl (C=S) groups is 1. The molecule has 204 valence electrons. The van der Waals surface area contributed by atoms with Gasteiger partial charge in [0, 0.05) is 13.0 Å². The van der Waals surface area contributed by atoms with E-state index in [-0.39, 0.29) is 48.5 Å². The summed E-state index contributed by atoms with van der Waals surface area (Å²) in [5, 5.41) is 20.6. The number of hydrogen-bond donors (Lipinski definition) is 1. The summed E-state index contributed by atoms with van der Waals surface area (Å²) in [7, 11) is 1.58. The molecule has 0 spiro atoms. The normalized spacial score (nSPS) is 14.1. The number of carbonyl (C=O) groups excluding carboxylic acids is 2. The van der Waals surface area contributed by atoms with Crippen molar-refractivity contribution in [2.75, 3.05) is 13.7 Å². The Kier molecular flexibility index (Phi) is 8.87. The van der Waals surface area contributed by atoms with E-state index in [9.17, 15) is 24.8 Å².